The third-order valence-electron chi connectivity index (χ3n) is 3.50. The summed E-state index contributed by atoms with van der Waals surface area (Å²) in [4.78, 5) is 0. The molecule has 3 rings (SSSR count). The molecule has 0 atom stereocenters. The molecule has 0 N–H and O–H groups in total. The van der Waals surface area contributed by atoms with Gasteiger partial charge in [0, 0.05) is 27.7 Å². The number of para-hydroxylation sites is 1. The van der Waals surface area contributed by atoms with Crippen LogP contribution in [0.4, 0.5) is 0 Å². The number of rotatable bonds is 2. The number of pyridine rings is 1. The molecule has 0 saturated heterocycles. The van der Waals surface area contributed by atoms with Crippen LogP contribution in [0.15, 0.2) is 54.7 Å². The molecule has 0 bridgehead atoms. The first-order valence-corrected chi connectivity index (χ1v) is 7.42. The summed E-state index contributed by atoms with van der Waals surface area (Å²) in [7, 11) is 2.04. The zero-order chi connectivity index (χ0) is 14.8. The molecule has 0 saturated carbocycles. The van der Waals surface area contributed by atoms with E-state index in [4.69, 9.17) is 23.2 Å². The van der Waals surface area contributed by atoms with Crippen molar-refractivity contribution in [1.82, 2.24) is 0 Å². The second kappa shape index (κ2) is 5.88. The Morgan fingerprint density at radius 2 is 1.57 bits per heavy atom. The van der Waals surface area contributed by atoms with Crippen LogP contribution in [0.2, 0.25) is 10.0 Å². The fourth-order valence-electron chi connectivity index (χ4n) is 2.38. The maximum atomic E-state index is 6.20. The van der Waals surface area contributed by atoms with Gasteiger partial charge in [0.15, 0.2) is 6.20 Å². The lowest BCUT2D eigenvalue weighted by molar-refractivity contribution is -0.644. The van der Waals surface area contributed by atoms with E-state index in [1.54, 1.807) is 0 Å². The predicted octanol–water partition coefficient (Wildman–Crippen LogP) is 5.14. The summed E-state index contributed by atoms with van der Waals surface area (Å²) < 4.78 is 2.11. The normalized spacial score (nSPS) is 11.4. The Kier molecular flexibility index (Phi) is 3.96. The predicted molar refractivity (Wildman–Crippen MR) is 90.5 cm³/mol. The maximum Gasteiger partial charge on any atom is 0.212 e. The van der Waals surface area contributed by atoms with Crippen LogP contribution in [-0.2, 0) is 7.05 Å². The van der Waals surface area contributed by atoms with E-state index in [0.717, 1.165) is 11.1 Å². The molecule has 21 heavy (non-hydrogen) atoms. The highest BCUT2D eigenvalue weighted by molar-refractivity contribution is 6.37. The summed E-state index contributed by atoms with van der Waals surface area (Å²) in [6.07, 6.45) is 6.07. The third kappa shape index (κ3) is 2.80. The first-order chi connectivity index (χ1) is 10.2. The Hall–Kier alpha value is -1.83. The van der Waals surface area contributed by atoms with Gasteiger partial charge in [-0.15, -0.1) is 0 Å². The number of benzene rings is 2. The van der Waals surface area contributed by atoms with E-state index in [1.165, 1.54) is 10.9 Å². The summed E-state index contributed by atoms with van der Waals surface area (Å²) in [5.74, 6) is 0. The van der Waals surface area contributed by atoms with Gasteiger partial charge >= 0.3 is 0 Å². The van der Waals surface area contributed by atoms with Gasteiger partial charge in [-0.05, 0) is 23.8 Å². The molecule has 3 heteroatoms. The maximum absolute atomic E-state index is 6.20. The van der Waals surface area contributed by atoms with Crippen LogP contribution in [0, 0.1) is 0 Å². The second-order valence-corrected chi connectivity index (χ2v) is 5.68. The molecule has 104 valence electrons. The van der Waals surface area contributed by atoms with Crippen LogP contribution < -0.4 is 4.57 Å². The summed E-state index contributed by atoms with van der Waals surface area (Å²) in [5, 5.41) is 2.51. The van der Waals surface area contributed by atoms with Crippen molar-refractivity contribution >= 4 is 46.3 Å². The van der Waals surface area contributed by atoms with Crippen LogP contribution in [-0.4, -0.2) is 0 Å². The smallest absolute Gasteiger partial charge is 0.201 e. The number of halogens is 2. The van der Waals surface area contributed by atoms with Gasteiger partial charge in [-0.25, -0.2) is 4.57 Å². The van der Waals surface area contributed by atoms with Crippen LogP contribution in [0.1, 0.15) is 11.1 Å². The van der Waals surface area contributed by atoms with Gasteiger partial charge < -0.3 is 0 Å². The molecule has 0 spiro atoms. The molecule has 0 aliphatic rings. The highest BCUT2D eigenvalue weighted by Gasteiger charge is 2.07. The average Bonchev–Trinajstić information content (AvgIpc) is 2.49. The summed E-state index contributed by atoms with van der Waals surface area (Å²) >= 11 is 12.4. The van der Waals surface area contributed by atoms with Gasteiger partial charge in [0.05, 0.1) is 5.39 Å². The molecule has 1 aromatic heterocycles. The quantitative estimate of drug-likeness (QED) is 0.576. The highest BCUT2D eigenvalue weighted by atomic mass is 35.5. The van der Waals surface area contributed by atoms with Crippen LogP contribution in [0.3, 0.4) is 0 Å². The molecule has 2 aromatic carbocycles. The highest BCUT2D eigenvalue weighted by Crippen LogP contribution is 2.27. The zero-order valence-corrected chi connectivity index (χ0v) is 13.1. The Labute approximate surface area is 134 Å². The minimum atomic E-state index is 0.657. The van der Waals surface area contributed by atoms with Crippen molar-refractivity contribution in [3.05, 3.63) is 75.9 Å². The molecule has 0 radical (unpaired) electrons. The molecule has 1 nitrogen and oxygen atoms in total. The van der Waals surface area contributed by atoms with Gasteiger partial charge in [0.25, 0.3) is 0 Å². The lowest BCUT2D eigenvalue weighted by atomic mass is 10.1. The molecular weight excluding hydrogens is 301 g/mol. The van der Waals surface area contributed by atoms with E-state index in [1.807, 2.05) is 43.5 Å². The number of aromatic nitrogens is 1. The molecule has 0 fully saturated rings. The van der Waals surface area contributed by atoms with Crippen molar-refractivity contribution in [2.24, 2.45) is 7.05 Å². The lowest BCUT2D eigenvalue weighted by Gasteiger charge is -2.03. The van der Waals surface area contributed by atoms with E-state index in [-0.39, 0.29) is 0 Å². The number of aryl methyl sites for hydroxylation is 1. The minimum Gasteiger partial charge on any atom is -0.201 e. The fourth-order valence-corrected chi connectivity index (χ4v) is 2.90. The van der Waals surface area contributed by atoms with Gasteiger partial charge in [-0.2, -0.15) is 0 Å². The number of hydrogen-bond donors (Lipinski definition) is 0. The van der Waals surface area contributed by atoms with Crippen LogP contribution in [0.5, 0.6) is 0 Å². The fraction of sp³-hybridized carbons (Fsp3) is 0.0556. The zero-order valence-electron chi connectivity index (χ0n) is 11.6. The summed E-state index contributed by atoms with van der Waals surface area (Å²) in [5.41, 5.74) is 3.17. The molecule has 0 aliphatic carbocycles. The van der Waals surface area contributed by atoms with E-state index in [9.17, 15) is 0 Å². The van der Waals surface area contributed by atoms with Crippen molar-refractivity contribution in [3.8, 4) is 0 Å². The molecule has 0 amide bonds. The average molecular weight is 315 g/mol. The van der Waals surface area contributed by atoms with E-state index >= 15 is 0 Å². The monoisotopic (exact) mass is 314 g/mol. The van der Waals surface area contributed by atoms with E-state index in [2.05, 4.69) is 35.0 Å². The minimum absolute atomic E-state index is 0.657. The van der Waals surface area contributed by atoms with E-state index < -0.39 is 0 Å². The summed E-state index contributed by atoms with van der Waals surface area (Å²) in [6.45, 7) is 0. The van der Waals surface area contributed by atoms with Crippen molar-refractivity contribution in [2.75, 3.05) is 0 Å². The number of nitrogens with zero attached hydrogens (tertiary/aromatic N) is 1. The largest absolute Gasteiger partial charge is 0.212 e. The van der Waals surface area contributed by atoms with Crippen molar-refractivity contribution in [3.63, 3.8) is 0 Å². The Balaban J connectivity index is 2.10. The number of hydrogen-bond acceptors (Lipinski definition) is 0. The van der Waals surface area contributed by atoms with E-state index in [0.29, 0.717) is 10.0 Å². The summed E-state index contributed by atoms with van der Waals surface area (Å²) in [6, 6.07) is 15.9. The Bertz CT molecular complexity index is 817. The molecule has 0 unspecified atom stereocenters. The van der Waals surface area contributed by atoms with Crippen LogP contribution >= 0.6 is 23.2 Å². The first kappa shape index (κ1) is 14.1. The Morgan fingerprint density at radius 1 is 0.857 bits per heavy atom. The second-order valence-electron chi connectivity index (χ2n) is 4.87. The van der Waals surface area contributed by atoms with Crippen molar-refractivity contribution in [1.29, 1.82) is 0 Å². The topological polar surface area (TPSA) is 3.88 Å². The van der Waals surface area contributed by atoms with Gasteiger partial charge in [-0.1, -0.05) is 53.6 Å². The lowest BCUT2D eigenvalue weighted by Crippen LogP contribution is -2.28. The molecule has 1 heterocycles. The third-order valence-corrected chi connectivity index (χ3v) is 4.16. The van der Waals surface area contributed by atoms with Gasteiger partial charge in [0.1, 0.15) is 7.05 Å². The van der Waals surface area contributed by atoms with Crippen LogP contribution in [0.25, 0.3) is 23.1 Å². The molecule has 0 aliphatic heterocycles. The van der Waals surface area contributed by atoms with Gasteiger partial charge in [0.2, 0.25) is 5.52 Å². The Morgan fingerprint density at radius 3 is 2.33 bits per heavy atom. The molecule has 3 aromatic rings. The SMILES string of the molecule is C[n+]1ccc(/C=C\c2c(Cl)cccc2Cl)c2ccccc21. The molecular formula is C18H14Cl2N+. The first-order valence-electron chi connectivity index (χ1n) is 6.66. The van der Waals surface area contributed by atoms with Crippen molar-refractivity contribution in [2.45, 2.75) is 0 Å². The van der Waals surface area contributed by atoms with Crippen molar-refractivity contribution < 1.29 is 4.57 Å². The number of fused-ring (bicyclic) bond motifs is 1. The standard InChI is InChI=1S/C18H14Cl2N/c1-21-12-11-13(14-5-2-3-8-18(14)21)9-10-15-16(19)6-4-7-17(15)20/h2-12H,1H3/q+1/b10-9-. The van der Waals surface area contributed by atoms with Gasteiger partial charge in [-0.3, -0.25) is 0 Å².